The molecule has 0 heterocycles. The van der Waals surface area contributed by atoms with E-state index < -0.39 is 34.8 Å². The van der Waals surface area contributed by atoms with E-state index in [1.807, 2.05) is 0 Å². The predicted molar refractivity (Wildman–Crippen MR) is 108 cm³/mol. The summed E-state index contributed by atoms with van der Waals surface area (Å²) in [7, 11) is 0. The SMILES string of the molecule is CC(C)(C)OC(=O)N(Cc1cccc(C(F)(F)F)c1)CC12CCC(C(=O)O)(CC1)CC2. The van der Waals surface area contributed by atoms with Crippen molar-refractivity contribution in [3.8, 4) is 0 Å². The number of halogens is 3. The number of ether oxygens (including phenoxy) is 1. The van der Waals surface area contributed by atoms with Crippen molar-refractivity contribution in [2.75, 3.05) is 6.54 Å². The highest BCUT2D eigenvalue weighted by molar-refractivity contribution is 5.75. The van der Waals surface area contributed by atoms with Crippen LogP contribution >= 0.6 is 0 Å². The van der Waals surface area contributed by atoms with Crippen molar-refractivity contribution in [3.63, 3.8) is 0 Å². The van der Waals surface area contributed by atoms with Crippen molar-refractivity contribution in [1.29, 1.82) is 0 Å². The molecular weight excluding hydrogens is 411 g/mol. The van der Waals surface area contributed by atoms with E-state index in [0.29, 0.717) is 50.6 Å². The topological polar surface area (TPSA) is 66.8 Å². The summed E-state index contributed by atoms with van der Waals surface area (Å²) in [6.07, 6.45) is -1.29. The van der Waals surface area contributed by atoms with Crippen molar-refractivity contribution in [1.82, 2.24) is 4.90 Å². The summed E-state index contributed by atoms with van der Waals surface area (Å²) >= 11 is 0. The van der Waals surface area contributed by atoms with Crippen LogP contribution in [0.25, 0.3) is 0 Å². The molecule has 0 spiro atoms. The van der Waals surface area contributed by atoms with Crippen molar-refractivity contribution < 1.29 is 32.6 Å². The molecule has 1 amide bonds. The predicted octanol–water partition coefficient (Wildman–Crippen LogP) is 5.87. The van der Waals surface area contributed by atoms with Gasteiger partial charge in [-0.05, 0) is 82.4 Å². The minimum atomic E-state index is -4.46. The second-order valence-electron chi connectivity index (χ2n) is 10.1. The fourth-order valence-corrected chi connectivity index (χ4v) is 4.80. The number of benzene rings is 1. The number of alkyl halides is 3. The third kappa shape index (κ3) is 5.33. The average molecular weight is 441 g/mol. The van der Waals surface area contributed by atoms with Gasteiger partial charge in [-0.15, -0.1) is 0 Å². The van der Waals surface area contributed by atoms with Gasteiger partial charge in [-0.1, -0.05) is 12.1 Å². The Kier molecular flexibility index (Phi) is 6.06. The molecule has 172 valence electrons. The minimum absolute atomic E-state index is 0.00462. The van der Waals surface area contributed by atoms with E-state index in [1.165, 1.54) is 11.0 Å². The summed E-state index contributed by atoms with van der Waals surface area (Å²) in [4.78, 5) is 26.1. The molecule has 0 unspecified atom stereocenters. The number of carbonyl (C=O) groups is 2. The molecule has 0 radical (unpaired) electrons. The van der Waals surface area contributed by atoms with Crippen LogP contribution in [0.2, 0.25) is 0 Å². The van der Waals surface area contributed by atoms with Crippen LogP contribution < -0.4 is 0 Å². The molecule has 1 N–H and O–H groups in total. The van der Waals surface area contributed by atoms with Crippen molar-refractivity contribution >= 4 is 12.1 Å². The van der Waals surface area contributed by atoms with Gasteiger partial charge in [0.15, 0.2) is 0 Å². The molecule has 1 aromatic rings. The van der Waals surface area contributed by atoms with Gasteiger partial charge in [0.05, 0.1) is 11.0 Å². The lowest BCUT2D eigenvalue weighted by atomic mass is 9.53. The zero-order valence-corrected chi connectivity index (χ0v) is 18.2. The smallest absolute Gasteiger partial charge is 0.416 e. The number of hydrogen-bond acceptors (Lipinski definition) is 3. The number of amides is 1. The van der Waals surface area contributed by atoms with Crippen LogP contribution in [0.15, 0.2) is 24.3 Å². The molecule has 4 rings (SSSR count). The number of carboxylic acid groups (broad SMARTS) is 1. The van der Waals surface area contributed by atoms with Gasteiger partial charge in [0.25, 0.3) is 0 Å². The van der Waals surface area contributed by atoms with E-state index in [1.54, 1.807) is 26.8 Å². The summed E-state index contributed by atoms with van der Waals surface area (Å²) in [5, 5.41) is 9.61. The third-order valence-electron chi connectivity index (χ3n) is 6.66. The molecule has 0 atom stereocenters. The fourth-order valence-electron chi connectivity index (χ4n) is 4.80. The van der Waals surface area contributed by atoms with Gasteiger partial charge in [-0.3, -0.25) is 4.79 Å². The van der Waals surface area contributed by atoms with Gasteiger partial charge < -0.3 is 14.7 Å². The minimum Gasteiger partial charge on any atom is -0.481 e. The van der Waals surface area contributed by atoms with Crippen LogP contribution in [0.4, 0.5) is 18.0 Å². The second kappa shape index (κ2) is 8.02. The van der Waals surface area contributed by atoms with E-state index in [9.17, 15) is 27.9 Å². The summed E-state index contributed by atoms with van der Waals surface area (Å²) in [5.74, 6) is -0.756. The van der Waals surface area contributed by atoms with Crippen LogP contribution in [-0.2, 0) is 22.3 Å². The summed E-state index contributed by atoms with van der Waals surface area (Å²) < 4.78 is 44.9. The van der Waals surface area contributed by atoms with E-state index in [0.717, 1.165) is 12.1 Å². The molecular formula is C23H30F3NO4. The number of aliphatic carboxylic acids is 1. The number of carbonyl (C=O) groups excluding carboxylic acids is 1. The normalized spacial score (nSPS) is 25.9. The van der Waals surface area contributed by atoms with Crippen LogP contribution in [0.5, 0.6) is 0 Å². The van der Waals surface area contributed by atoms with Gasteiger partial charge in [-0.2, -0.15) is 13.2 Å². The molecule has 8 heteroatoms. The van der Waals surface area contributed by atoms with Gasteiger partial charge in [0.1, 0.15) is 5.60 Å². The first-order chi connectivity index (χ1) is 14.2. The molecule has 1 aromatic carbocycles. The molecule has 31 heavy (non-hydrogen) atoms. The maximum atomic E-state index is 13.1. The monoisotopic (exact) mass is 441 g/mol. The number of carboxylic acids is 1. The van der Waals surface area contributed by atoms with Crippen molar-refractivity contribution in [3.05, 3.63) is 35.4 Å². The molecule has 3 fully saturated rings. The Morgan fingerprint density at radius 1 is 1.06 bits per heavy atom. The molecule has 5 nitrogen and oxygen atoms in total. The van der Waals surface area contributed by atoms with E-state index in [-0.39, 0.29) is 12.0 Å². The van der Waals surface area contributed by atoms with Gasteiger partial charge in [0, 0.05) is 13.1 Å². The molecule has 0 aliphatic heterocycles. The molecule has 2 bridgehead atoms. The molecule has 0 aromatic heterocycles. The van der Waals surface area contributed by atoms with Crippen molar-refractivity contribution in [2.24, 2.45) is 10.8 Å². The highest BCUT2D eigenvalue weighted by atomic mass is 19.4. The highest BCUT2D eigenvalue weighted by Crippen LogP contribution is 2.57. The lowest BCUT2D eigenvalue weighted by molar-refractivity contribution is -0.159. The van der Waals surface area contributed by atoms with Crippen LogP contribution in [0.3, 0.4) is 0 Å². The largest absolute Gasteiger partial charge is 0.481 e. The second-order valence-corrected chi connectivity index (χ2v) is 10.1. The van der Waals surface area contributed by atoms with E-state index >= 15 is 0 Å². The van der Waals surface area contributed by atoms with Gasteiger partial charge in [-0.25, -0.2) is 4.79 Å². The Labute approximate surface area is 180 Å². The first-order valence-electron chi connectivity index (χ1n) is 10.6. The lowest BCUT2D eigenvalue weighted by Gasteiger charge is -2.52. The maximum absolute atomic E-state index is 13.1. The fraction of sp³-hybridized carbons (Fsp3) is 0.652. The van der Waals surface area contributed by atoms with Crippen LogP contribution in [0, 0.1) is 10.8 Å². The zero-order chi connectivity index (χ0) is 23.1. The van der Waals surface area contributed by atoms with Crippen molar-refractivity contribution in [2.45, 2.75) is 77.6 Å². The lowest BCUT2D eigenvalue weighted by Crippen LogP contribution is -2.51. The summed E-state index contributed by atoms with van der Waals surface area (Å²) in [6, 6.07) is 4.98. The Balaban J connectivity index is 1.81. The molecule has 3 saturated carbocycles. The number of nitrogens with zero attached hydrogens (tertiary/aromatic N) is 1. The number of hydrogen-bond donors (Lipinski definition) is 1. The van der Waals surface area contributed by atoms with Crippen LogP contribution in [0.1, 0.15) is 70.4 Å². The Morgan fingerprint density at radius 3 is 2.13 bits per heavy atom. The Bertz CT molecular complexity index is 819. The Hall–Kier alpha value is -2.25. The quantitative estimate of drug-likeness (QED) is 0.621. The number of rotatable bonds is 5. The average Bonchev–Trinajstić information content (AvgIpc) is 2.67. The standard InChI is InChI=1S/C23H30F3NO4/c1-20(2,3)31-19(30)27(14-16-5-4-6-17(13-16)23(24,25)26)15-21-7-10-22(11-8-21,12-9-21)18(28)29/h4-6,13H,7-12,14-15H2,1-3H3,(H,28,29). The number of fused-ring (bicyclic) bond motifs is 3. The summed E-state index contributed by atoms with van der Waals surface area (Å²) in [5.41, 5.74) is -2.01. The molecule has 3 aliphatic rings. The molecule has 3 aliphatic carbocycles. The summed E-state index contributed by atoms with van der Waals surface area (Å²) in [6.45, 7) is 5.58. The zero-order valence-electron chi connectivity index (χ0n) is 18.2. The van der Waals surface area contributed by atoms with E-state index in [4.69, 9.17) is 4.74 Å². The first-order valence-corrected chi connectivity index (χ1v) is 10.6. The maximum Gasteiger partial charge on any atom is 0.416 e. The first kappa shape index (κ1) is 23.4. The molecule has 0 saturated heterocycles. The van der Waals surface area contributed by atoms with E-state index in [2.05, 4.69) is 0 Å². The third-order valence-corrected chi connectivity index (χ3v) is 6.66. The highest BCUT2D eigenvalue weighted by Gasteiger charge is 2.53. The van der Waals surface area contributed by atoms with Gasteiger partial charge in [0.2, 0.25) is 0 Å². The van der Waals surface area contributed by atoms with Gasteiger partial charge >= 0.3 is 18.2 Å². The van der Waals surface area contributed by atoms with Crippen LogP contribution in [-0.4, -0.2) is 34.2 Å². The Morgan fingerprint density at radius 2 is 1.65 bits per heavy atom.